The summed E-state index contributed by atoms with van der Waals surface area (Å²) in [4.78, 5) is 12.3. The maximum atomic E-state index is 12.3. The van der Waals surface area contributed by atoms with Crippen molar-refractivity contribution in [3.8, 4) is 5.75 Å². The highest BCUT2D eigenvalue weighted by atomic mass is 16.5. The number of rotatable bonds is 2. The average molecular weight is 272 g/mol. The first-order chi connectivity index (χ1) is 9.66. The Morgan fingerprint density at radius 2 is 2.30 bits per heavy atom. The van der Waals surface area contributed by atoms with Crippen LogP contribution in [0.4, 0.5) is 5.82 Å². The number of nitrogens with two attached hydrogens (primary N) is 1. The van der Waals surface area contributed by atoms with E-state index in [1.807, 2.05) is 24.3 Å². The number of nitrogens with zero attached hydrogens (tertiary/aromatic N) is 1. The van der Waals surface area contributed by atoms with Crippen LogP contribution in [-0.2, 0) is 0 Å². The minimum atomic E-state index is -0.213. The molecule has 2 heterocycles. The van der Waals surface area contributed by atoms with Crippen LogP contribution in [0.1, 0.15) is 34.1 Å². The lowest BCUT2D eigenvalue weighted by Crippen LogP contribution is -2.32. The monoisotopic (exact) mass is 272 g/mol. The van der Waals surface area contributed by atoms with E-state index in [-0.39, 0.29) is 17.8 Å². The fourth-order valence-electron chi connectivity index (χ4n) is 2.46. The summed E-state index contributed by atoms with van der Waals surface area (Å²) in [5.41, 5.74) is 7.78. The van der Waals surface area contributed by atoms with E-state index in [1.165, 1.54) is 0 Å². The van der Waals surface area contributed by atoms with E-state index in [0.29, 0.717) is 17.9 Å². The van der Waals surface area contributed by atoms with Crippen LogP contribution in [0.2, 0.25) is 0 Å². The second-order valence-corrected chi connectivity index (χ2v) is 4.81. The smallest absolute Gasteiger partial charge is 0.257 e. The zero-order valence-corrected chi connectivity index (χ0v) is 11.1. The molecule has 1 aliphatic rings. The summed E-state index contributed by atoms with van der Waals surface area (Å²) in [6.07, 6.45) is 0.736. The van der Waals surface area contributed by atoms with Crippen molar-refractivity contribution in [1.82, 2.24) is 15.5 Å². The third kappa shape index (κ3) is 2.09. The van der Waals surface area contributed by atoms with Crippen molar-refractivity contribution in [2.75, 3.05) is 12.3 Å². The summed E-state index contributed by atoms with van der Waals surface area (Å²) in [6, 6.07) is 7.66. The maximum absolute atomic E-state index is 12.3. The molecule has 0 fully saturated rings. The number of nitrogen functional groups attached to an aromatic ring is 1. The maximum Gasteiger partial charge on any atom is 0.257 e. The third-order valence-corrected chi connectivity index (χ3v) is 3.47. The van der Waals surface area contributed by atoms with Gasteiger partial charge in [-0.15, -0.1) is 0 Å². The lowest BCUT2D eigenvalue weighted by molar-refractivity contribution is 0.0925. The van der Waals surface area contributed by atoms with E-state index >= 15 is 0 Å². The number of anilines is 1. The molecule has 0 saturated carbocycles. The Kier molecular flexibility index (Phi) is 3.06. The first-order valence-corrected chi connectivity index (χ1v) is 6.50. The SMILES string of the molecule is Cc1[nH]nc(N)c1C(=O)NC1CCOc2ccccc21. The normalized spacial score (nSPS) is 17.1. The molecule has 1 atom stereocenters. The molecule has 0 bridgehead atoms. The van der Waals surface area contributed by atoms with Gasteiger partial charge in [-0.05, 0) is 13.0 Å². The number of carbonyl (C=O) groups excluding carboxylic acids is 1. The standard InChI is InChI=1S/C14H16N4O2/c1-8-12(13(15)18-17-8)14(19)16-10-6-7-20-11-5-3-2-4-9(10)11/h2-5,10H,6-7H2,1H3,(H,16,19)(H3,15,17,18). The Morgan fingerprint density at radius 1 is 1.50 bits per heavy atom. The van der Waals surface area contributed by atoms with Gasteiger partial charge in [-0.3, -0.25) is 9.89 Å². The van der Waals surface area contributed by atoms with Crippen LogP contribution >= 0.6 is 0 Å². The van der Waals surface area contributed by atoms with Crippen molar-refractivity contribution in [3.05, 3.63) is 41.1 Å². The Hall–Kier alpha value is -2.50. The van der Waals surface area contributed by atoms with Crippen LogP contribution in [0.5, 0.6) is 5.75 Å². The van der Waals surface area contributed by atoms with Gasteiger partial charge in [-0.25, -0.2) is 0 Å². The van der Waals surface area contributed by atoms with Crippen molar-refractivity contribution in [2.24, 2.45) is 0 Å². The molecular weight excluding hydrogens is 256 g/mol. The second-order valence-electron chi connectivity index (χ2n) is 4.81. The summed E-state index contributed by atoms with van der Waals surface area (Å²) in [5.74, 6) is 0.830. The number of aromatic amines is 1. The molecule has 0 spiro atoms. The number of aromatic nitrogens is 2. The minimum Gasteiger partial charge on any atom is -0.493 e. The lowest BCUT2D eigenvalue weighted by atomic mass is 10.00. The highest BCUT2D eigenvalue weighted by Crippen LogP contribution is 2.31. The Labute approximate surface area is 116 Å². The molecule has 3 rings (SSSR count). The van der Waals surface area contributed by atoms with Gasteiger partial charge < -0.3 is 15.8 Å². The molecule has 6 nitrogen and oxygen atoms in total. The zero-order chi connectivity index (χ0) is 14.1. The number of aryl methyl sites for hydroxylation is 1. The van der Waals surface area contributed by atoms with Crippen molar-refractivity contribution in [1.29, 1.82) is 0 Å². The number of para-hydroxylation sites is 1. The number of H-pyrrole nitrogens is 1. The highest BCUT2D eigenvalue weighted by Gasteiger charge is 2.25. The van der Waals surface area contributed by atoms with Gasteiger partial charge in [0, 0.05) is 17.7 Å². The van der Waals surface area contributed by atoms with Crippen LogP contribution in [0.25, 0.3) is 0 Å². The largest absolute Gasteiger partial charge is 0.493 e. The minimum absolute atomic E-state index is 0.0684. The summed E-state index contributed by atoms with van der Waals surface area (Å²) < 4.78 is 5.58. The Morgan fingerprint density at radius 3 is 3.05 bits per heavy atom. The molecule has 1 amide bonds. The van der Waals surface area contributed by atoms with Gasteiger partial charge >= 0.3 is 0 Å². The number of hydrogen-bond acceptors (Lipinski definition) is 4. The van der Waals surface area contributed by atoms with Crippen molar-refractivity contribution in [3.63, 3.8) is 0 Å². The number of amides is 1. The molecule has 0 aliphatic carbocycles. The van der Waals surface area contributed by atoms with Gasteiger partial charge in [0.1, 0.15) is 11.3 Å². The van der Waals surface area contributed by atoms with Gasteiger partial charge in [0.2, 0.25) is 0 Å². The quantitative estimate of drug-likeness (QED) is 0.773. The fraction of sp³-hybridized carbons (Fsp3) is 0.286. The van der Waals surface area contributed by atoms with E-state index in [2.05, 4.69) is 15.5 Å². The van der Waals surface area contributed by atoms with Crippen LogP contribution in [-0.4, -0.2) is 22.7 Å². The van der Waals surface area contributed by atoms with E-state index in [0.717, 1.165) is 17.7 Å². The molecule has 1 unspecified atom stereocenters. The summed E-state index contributed by atoms with van der Waals surface area (Å²) in [7, 11) is 0. The molecule has 0 saturated heterocycles. The summed E-state index contributed by atoms with van der Waals surface area (Å²) in [5, 5.41) is 9.56. The van der Waals surface area contributed by atoms with Gasteiger partial charge in [-0.1, -0.05) is 18.2 Å². The molecule has 6 heteroatoms. The summed E-state index contributed by atoms with van der Waals surface area (Å²) >= 11 is 0. The molecular formula is C14H16N4O2. The van der Waals surface area contributed by atoms with E-state index in [9.17, 15) is 4.79 Å². The van der Waals surface area contributed by atoms with E-state index in [1.54, 1.807) is 6.92 Å². The predicted molar refractivity (Wildman–Crippen MR) is 74.5 cm³/mol. The van der Waals surface area contributed by atoms with Crippen molar-refractivity contribution >= 4 is 11.7 Å². The van der Waals surface area contributed by atoms with E-state index in [4.69, 9.17) is 10.5 Å². The van der Waals surface area contributed by atoms with Gasteiger partial charge in [0.15, 0.2) is 5.82 Å². The molecule has 2 aromatic rings. The number of ether oxygens (including phenoxy) is 1. The molecule has 1 aliphatic heterocycles. The molecule has 1 aromatic heterocycles. The highest BCUT2D eigenvalue weighted by molar-refractivity contribution is 5.99. The average Bonchev–Trinajstić information content (AvgIpc) is 2.78. The fourth-order valence-corrected chi connectivity index (χ4v) is 2.46. The van der Waals surface area contributed by atoms with Gasteiger partial charge in [0.25, 0.3) is 5.91 Å². The van der Waals surface area contributed by atoms with Gasteiger partial charge in [-0.2, -0.15) is 5.10 Å². The topological polar surface area (TPSA) is 93.0 Å². The molecule has 1 aromatic carbocycles. The second kappa shape index (κ2) is 4.88. The van der Waals surface area contributed by atoms with Crippen molar-refractivity contribution < 1.29 is 9.53 Å². The van der Waals surface area contributed by atoms with Crippen LogP contribution in [0.15, 0.2) is 24.3 Å². The number of benzene rings is 1. The third-order valence-electron chi connectivity index (χ3n) is 3.47. The predicted octanol–water partition coefficient (Wildman–Crippen LogP) is 1.55. The van der Waals surface area contributed by atoms with Crippen LogP contribution < -0.4 is 15.8 Å². The molecule has 0 radical (unpaired) electrons. The first kappa shape index (κ1) is 12.5. The number of fused-ring (bicyclic) bond motifs is 1. The summed E-state index contributed by atoms with van der Waals surface area (Å²) in [6.45, 7) is 2.36. The number of hydrogen-bond donors (Lipinski definition) is 3. The first-order valence-electron chi connectivity index (χ1n) is 6.50. The molecule has 20 heavy (non-hydrogen) atoms. The Bertz CT molecular complexity index is 631. The number of nitrogens with one attached hydrogen (secondary N) is 2. The van der Waals surface area contributed by atoms with E-state index < -0.39 is 0 Å². The van der Waals surface area contributed by atoms with Crippen LogP contribution in [0.3, 0.4) is 0 Å². The van der Waals surface area contributed by atoms with Gasteiger partial charge in [0.05, 0.1) is 12.6 Å². The van der Waals surface area contributed by atoms with Crippen molar-refractivity contribution in [2.45, 2.75) is 19.4 Å². The molecule has 104 valence electrons. The Balaban J connectivity index is 1.84. The zero-order valence-electron chi connectivity index (χ0n) is 11.1. The van der Waals surface area contributed by atoms with Crippen LogP contribution in [0, 0.1) is 6.92 Å². The number of carbonyl (C=O) groups is 1. The molecule has 4 N–H and O–H groups in total. The lowest BCUT2D eigenvalue weighted by Gasteiger charge is -2.26.